The van der Waals surface area contributed by atoms with Crippen molar-refractivity contribution >= 4 is 29.2 Å². The fraction of sp³-hybridized carbons (Fsp3) is 0.385. The van der Waals surface area contributed by atoms with Gasteiger partial charge in [-0.1, -0.05) is 24.9 Å². The number of carbonyl (C=O) groups is 2. The Morgan fingerprint density at radius 3 is 2.63 bits per heavy atom. The molecule has 0 saturated heterocycles. The van der Waals surface area contributed by atoms with Gasteiger partial charge in [-0.3, -0.25) is 4.79 Å². The van der Waals surface area contributed by atoms with E-state index in [1.165, 1.54) is 18.2 Å². The zero-order chi connectivity index (χ0) is 14.4. The molecule has 1 unspecified atom stereocenters. The Kier molecular flexibility index (Phi) is 5.79. The van der Waals surface area contributed by atoms with Crippen molar-refractivity contribution in [2.45, 2.75) is 19.8 Å². The van der Waals surface area contributed by atoms with E-state index in [4.69, 9.17) is 22.4 Å². The number of anilines is 1. The number of rotatable bonds is 6. The molecule has 1 rings (SSSR count). The third-order valence-corrected chi connectivity index (χ3v) is 2.92. The minimum atomic E-state index is -1.10. The van der Waals surface area contributed by atoms with Gasteiger partial charge >= 0.3 is 5.97 Å². The van der Waals surface area contributed by atoms with Crippen molar-refractivity contribution in [3.8, 4) is 0 Å². The van der Waals surface area contributed by atoms with Gasteiger partial charge in [0.25, 0.3) is 0 Å². The van der Waals surface area contributed by atoms with Crippen molar-refractivity contribution in [1.82, 2.24) is 0 Å². The molecule has 4 N–H and O–H groups in total. The number of amides is 1. The van der Waals surface area contributed by atoms with Crippen molar-refractivity contribution in [1.29, 1.82) is 0 Å². The number of nitrogens with one attached hydrogen (secondary N) is 1. The van der Waals surface area contributed by atoms with E-state index >= 15 is 0 Å². The van der Waals surface area contributed by atoms with Crippen LogP contribution in [0.4, 0.5) is 5.69 Å². The van der Waals surface area contributed by atoms with Crippen molar-refractivity contribution in [2.75, 3.05) is 11.9 Å². The molecule has 6 heteroatoms. The van der Waals surface area contributed by atoms with Gasteiger partial charge in [0.05, 0.1) is 11.5 Å². The fourth-order valence-corrected chi connectivity index (χ4v) is 1.97. The Morgan fingerprint density at radius 2 is 2.11 bits per heavy atom. The molecule has 0 radical (unpaired) electrons. The molecule has 0 aliphatic rings. The molecule has 1 aromatic rings. The number of carboxylic acids is 1. The number of halogens is 1. The standard InChI is InChI=1S/C13H17ClN2O3/c1-2-3-8(7-15)12(17)16-11-5-9(13(18)19)4-10(14)6-11/h4-6,8H,2-3,7,15H2,1H3,(H,16,17)(H,18,19). The lowest BCUT2D eigenvalue weighted by Crippen LogP contribution is -2.29. The minimum absolute atomic E-state index is 0.0302. The number of carbonyl (C=O) groups excluding carboxylic acids is 1. The highest BCUT2D eigenvalue weighted by Crippen LogP contribution is 2.20. The van der Waals surface area contributed by atoms with Crippen molar-refractivity contribution in [3.63, 3.8) is 0 Å². The summed E-state index contributed by atoms with van der Waals surface area (Å²) in [5, 5.41) is 11.8. The Balaban J connectivity index is 2.87. The summed E-state index contributed by atoms with van der Waals surface area (Å²) in [4.78, 5) is 22.8. The molecule has 0 aliphatic carbocycles. The molecule has 0 fully saturated rings. The maximum absolute atomic E-state index is 11.9. The second kappa shape index (κ2) is 7.11. The first-order valence-electron chi connectivity index (χ1n) is 6.02. The summed E-state index contributed by atoms with van der Waals surface area (Å²) < 4.78 is 0. The third-order valence-electron chi connectivity index (χ3n) is 2.70. The van der Waals surface area contributed by atoms with Gasteiger partial charge in [-0.25, -0.2) is 4.79 Å². The van der Waals surface area contributed by atoms with Gasteiger partial charge in [-0.2, -0.15) is 0 Å². The summed E-state index contributed by atoms with van der Waals surface area (Å²) in [6.07, 6.45) is 1.54. The summed E-state index contributed by atoms with van der Waals surface area (Å²) in [5.74, 6) is -1.60. The molecule has 0 bridgehead atoms. The molecule has 1 atom stereocenters. The molecule has 0 aromatic heterocycles. The summed E-state index contributed by atoms with van der Waals surface area (Å²) in [5.41, 5.74) is 5.94. The summed E-state index contributed by atoms with van der Waals surface area (Å²) in [6.45, 7) is 2.23. The molecular formula is C13H17ClN2O3. The van der Waals surface area contributed by atoms with Crippen LogP contribution in [-0.2, 0) is 4.79 Å². The second-order valence-electron chi connectivity index (χ2n) is 4.24. The van der Waals surface area contributed by atoms with Crippen molar-refractivity contribution in [2.24, 2.45) is 11.7 Å². The average Bonchev–Trinajstić information content (AvgIpc) is 2.34. The van der Waals surface area contributed by atoms with Gasteiger partial charge in [0.15, 0.2) is 0 Å². The first-order valence-corrected chi connectivity index (χ1v) is 6.40. The maximum atomic E-state index is 11.9. The van der Waals surface area contributed by atoms with E-state index in [1.807, 2.05) is 6.92 Å². The van der Waals surface area contributed by atoms with Crippen LogP contribution in [0, 0.1) is 5.92 Å². The van der Waals surface area contributed by atoms with Crippen LogP contribution < -0.4 is 11.1 Å². The number of carboxylic acid groups (broad SMARTS) is 1. The molecule has 0 saturated carbocycles. The lowest BCUT2D eigenvalue weighted by molar-refractivity contribution is -0.119. The normalized spacial score (nSPS) is 11.9. The molecule has 1 aromatic carbocycles. The van der Waals surface area contributed by atoms with E-state index in [-0.39, 0.29) is 29.0 Å². The van der Waals surface area contributed by atoms with Gasteiger partial charge < -0.3 is 16.2 Å². The predicted molar refractivity (Wildman–Crippen MR) is 74.5 cm³/mol. The monoisotopic (exact) mass is 284 g/mol. The van der Waals surface area contributed by atoms with Crippen LogP contribution in [0.15, 0.2) is 18.2 Å². The number of hydrogen-bond donors (Lipinski definition) is 3. The molecule has 19 heavy (non-hydrogen) atoms. The van der Waals surface area contributed by atoms with Gasteiger partial charge in [-0.15, -0.1) is 0 Å². The first kappa shape index (κ1) is 15.5. The van der Waals surface area contributed by atoms with Crippen LogP contribution in [-0.4, -0.2) is 23.5 Å². The zero-order valence-corrected chi connectivity index (χ0v) is 11.4. The highest BCUT2D eigenvalue weighted by molar-refractivity contribution is 6.31. The summed E-state index contributed by atoms with van der Waals surface area (Å²) in [6, 6.07) is 4.20. The Morgan fingerprint density at radius 1 is 1.42 bits per heavy atom. The average molecular weight is 285 g/mol. The lowest BCUT2D eigenvalue weighted by Gasteiger charge is -2.14. The van der Waals surface area contributed by atoms with Gasteiger partial charge in [0.2, 0.25) is 5.91 Å². The maximum Gasteiger partial charge on any atom is 0.335 e. The van der Waals surface area contributed by atoms with Gasteiger partial charge in [0, 0.05) is 17.3 Å². The van der Waals surface area contributed by atoms with Gasteiger partial charge in [-0.05, 0) is 24.6 Å². The molecule has 104 valence electrons. The Bertz CT molecular complexity index is 477. The number of aromatic carboxylic acids is 1. The topological polar surface area (TPSA) is 92.4 Å². The van der Waals surface area contributed by atoms with Crippen LogP contribution in [0.2, 0.25) is 5.02 Å². The highest BCUT2D eigenvalue weighted by atomic mass is 35.5. The third kappa shape index (κ3) is 4.54. The van der Waals surface area contributed by atoms with Crippen LogP contribution in [0.25, 0.3) is 0 Å². The number of benzene rings is 1. The molecule has 0 aliphatic heterocycles. The summed E-state index contributed by atoms with van der Waals surface area (Å²) >= 11 is 5.81. The van der Waals surface area contributed by atoms with Crippen LogP contribution >= 0.6 is 11.6 Å². The largest absolute Gasteiger partial charge is 0.478 e. The van der Waals surface area contributed by atoms with Crippen molar-refractivity contribution in [3.05, 3.63) is 28.8 Å². The van der Waals surface area contributed by atoms with E-state index < -0.39 is 5.97 Å². The zero-order valence-electron chi connectivity index (χ0n) is 10.6. The molecular weight excluding hydrogens is 268 g/mol. The predicted octanol–water partition coefficient (Wildman–Crippen LogP) is 2.35. The van der Waals surface area contributed by atoms with Crippen LogP contribution in [0.3, 0.4) is 0 Å². The molecule has 0 heterocycles. The fourth-order valence-electron chi connectivity index (χ4n) is 1.73. The SMILES string of the molecule is CCCC(CN)C(=O)Nc1cc(Cl)cc(C(=O)O)c1. The quantitative estimate of drug-likeness (QED) is 0.747. The molecule has 1 amide bonds. The van der Waals surface area contributed by atoms with E-state index in [9.17, 15) is 9.59 Å². The molecule has 5 nitrogen and oxygen atoms in total. The smallest absolute Gasteiger partial charge is 0.335 e. The number of nitrogens with two attached hydrogens (primary N) is 1. The number of hydrogen-bond acceptors (Lipinski definition) is 3. The van der Waals surface area contributed by atoms with E-state index in [0.29, 0.717) is 12.1 Å². The van der Waals surface area contributed by atoms with Crippen LogP contribution in [0.5, 0.6) is 0 Å². The second-order valence-corrected chi connectivity index (χ2v) is 4.68. The highest BCUT2D eigenvalue weighted by Gasteiger charge is 2.16. The van der Waals surface area contributed by atoms with E-state index in [0.717, 1.165) is 6.42 Å². The Labute approximate surface area is 116 Å². The minimum Gasteiger partial charge on any atom is -0.478 e. The van der Waals surface area contributed by atoms with E-state index in [2.05, 4.69) is 5.32 Å². The van der Waals surface area contributed by atoms with Crippen LogP contribution in [0.1, 0.15) is 30.1 Å². The lowest BCUT2D eigenvalue weighted by atomic mass is 10.0. The Hall–Kier alpha value is -1.59. The van der Waals surface area contributed by atoms with Gasteiger partial charge in [0.1, 0.15) is 0 Å². The van der Waals surface area contributed by atoms with Crippen molar-refractivity contribution < 1.29 is 14.7 Å². The summed E-state index contributed by atoms with van der Waals surface area (Å²) in [7, 11) is 0. The van der Waals surface area contributed by atoms with E-state index in [1.54, 1.807) is 0 Å². The molecule has 0 spiro atoms. The first-order chi connectivity index (χ1) is 8.97.